The van der Waals surface area contributed by atoms with Crippen molar-refractivity contribution >= 4 is 22.4 Å². The molecule has 6 nitrogen and oxygen atoms in total. The van der Waals surface area contributed by atoms with E-state index in [-0.39, 0.29) is 18.3 Å². The predicted molar refractivity (Wildman–Crippen MR) is 76.3 cm³/mol. The van der Waals surface area contributed by atoms with Gasteiger partial charge in [0.15, 0.2) is 5.01 Å². The Morgan fingerprint density at radius 1 is 1.23 bits per heavy atom. The van der Waals surface area contributed by atoms with Crippen molar-refractivity contribution in [2.45, 2.75) is 6.43 Å². The molecular weight excluding hydrogens is 316 g/mol. The van der Waals surface area contributed by atoms with Gasteiger partial charge in [-0.05, 0) is 12.1 Å². The van der Waals surface area contributed by atoms with E-state index in [0.717, 1.165) is 0 Å². The van der Waals surface area contributed by atoms with Crippen LogP contribution >= 0.6 is 11.3 Å². The molecule has 0 spiro atoms. The van der Waals surface area contributed by atoms with Gasteiger partial charge in [0.1, 0.15) is 19.0 Å². The van der Waals surface area contributed by atoms with Crippen LogP contribution in [0.5, 0.6) is 5.75 Å². The Labute approximate surface area is 129 Å². The number of rotatable bonds is 8. The largest absolute Gasteiger partial charge is 0.491 e. The van der Waals surface area contributed by atoms with Crippen LogP contribution in [0.1, 0.15) is 11.4 Å². The summed E-state index contributed by atoms with van der Waals surface area (Å²) in [5, 5.41) is 8.61. The van der Waals surface area contributed by atoms with E-state index < -0.39 is 17.3 Å². The molecule has 0 unspecified atom stereocenters. The summed E-state index contributed by atoms with van der Waals surface area (Å²) in [4.78, 5) is 11.5. The van der Waals surface area contributed by atoms with Crippen LogP contribution in [0.3, 0.4) is 0 Å². The summed E-state index contributed by atoms with van der Waals surface area (Å²) >= 11 is 0.626. The summed E-state index contributed by atoms with van der Waals surface area (Å²) < 4.78 is 35.1. The van der Waals surface area contributed by atoms with Crippen molar-refractivity contribution < 1.29 is 23.0 Å². The molecule has 2 rings (SSSR count). The third kappa shape index (κ3) is 5.34. The summed E-state index contributed by atoms with van der Waals surface area (Å²) in [6.45, 7) is 0.300. The van der Waals surface area contributed by atoms with Gasteiger partial charge in [-0.2, -0.15) is 0 Å². The first kappa shape index (κ1) is 16.2. The Morgan fingerprint density at radius 3 is 2.68 bits per heavy atom. The second-order valence-electron chi connectivity index (χ2n) is 4.01. The van der Waals surface area contributed by atoms with Gasteiger partial charge in [-0.15, -0.1) is 10.2 Å². The molecule has 1 heterocycles. The molecule has 0 atom stereocenters. The van der Waals surface area contributed by atoms with E-state index >= 15 is 0 Å². The number of carbonyl (C=O) groups is 1. The molecule has 9 heteroatoms. The highest BCUT2D eigenvalue weighted by Crippen LogP contribution is 2.24. The molecule has 1 amide bonds. The number of para-hydroxylation sites is 1. The molecule has 0 saturated carbocycles. The number of hydrogen-bond donors (Lipinski definition) is 1. The van der Waals surface area contributed by atoms with E-state index in [1.165, 1.54) is 0 Å². The maximum absolute atomic E-state index is 12.3. The number of halogens is 2. The van der Waals surface area contributed by atoms with Gasteiger partial charge < -0.3 is 9.47 Å². The molecule has 0 fully saturated rings. The molecule has 0 radical (unpaired) electrons. The molecule has 0 aliphatic rings. The average molecular weight is 329 g/mol. The molecule has 118 valence electrons. The van der Waals surface area contributed by atoms with Crippen LogP contribution in [0.25, 0.3) is 0 Å². The van der Waals surface area contributed by atoms with Crippen LogP contribution < -0.4 is 10.1 Å². The summed E-state index contributed by atoms with van der Waals surface area (Å²) in [5.74, 6) is 0.223. The van der Waals surface area contributed by atoms with Crippen molar-refractivity contribution in [3.05, 3.63) is 35.3 Å². The van der Waals surface area contributed by atoms with Gasteiger partial charge in [-0.3, -0.25) is 10.1 Å². The Kier molecular flexibility index (Phi) is 6.16. The maximum Gasteiger partial charge on any atom is 0.291 e. The molecule has 0 bridgehead atoms. The SMILES string of the molecule is O=C(COCCOc1ccccc1)Nc1nnc(C(F)F)s1. The standard InChI is InChI=1S/C13H13F2N3O3S/c14-11(15)12-17-18-13(22-12)16-10(19)8-20-6-7-21-9-4-2-1-3-5-9/h1-5,11H,6-8H2,(H,16,18,19). The first-order valence-corrected chi connectivity index (χ1v) is 7.14. The minimum Gasteiger partial charge on any atom is -0.491 e. The summed E-state index contributed by atoms with van der Waals surface area (Å²) in [5.41, 5.74) is 0. The van der Waals surface area contributed by atoms with Gasteiger partial charge in [-0.25, -0.2) is 8.78 Å². The minimum atomic E-state index is -2.70. The van der Waals surface area contributed by atoms with Crippen molar-refractivity contribution in [3.63, 3.8) is 0 Å². The number of hydrogen-bond acceptors (Lipinski definition) is 6. The molecule has 0 saturated heterocycles. The number of aromatic nitrogens is 2. The van der Waals surface area contributed by atoms with Crippen molar-refractivity contribution in [1.29, 1.82) is 0 Å². The number of alkyl halides is 2. The van der Waals surface area contributed by atoms with Gasteiger partial charge >= 0.3 is 0 Å². The van der Waals surface area contributed by atoms with E-state index in [2.05, 4.69) is 15.5 Å². The third-order valence-corrected chi connectivity index (χ3v) is 3.19. The molecule has 0 aliphatic heterocycles. The van der Waals surface area contributed by atoms with Crippen molar-refractivity contribution in [2.75, 3.05) is 25.1 Å². The molecular formula is C13H13F2N3O3S. The lowest BCUT2D eigenvalue weighted by Crippen LogP contribution is -2.20. The smallest absolute Gasteiger partial charge is 0.291 e. The fourth-order valence-electron chi connectivity index (χ4n) is 1.43. The molecule has 1 aromatic carbocycles. The van der Waals surface area contributed by atoms with E-state index in [1.54, 1.807) is 0 Å². The molecule has 1 N–H and O–H groups in total. The van der Waals surface area contributed by atoms with Crippen molar-refractivity contribution in [3.8, 4) is 5.75 Å². The molecule has 0 aliphatic carbocycles. The van der Waals surface area contributed by atoms with Crippen molar-refractivity contribution in [2.24, 2.45) is 0 Å². The van der Waals surface area contributed by atoms with Gasteiger partial charge in [-0.1, -0.05) is 29.5 Å². The van der Waals surface area contributed by atoms with Crippen LogP contribution in [0.4, 0.5) is 13.9 Å². The first-order valence-electron chi connectivity index (χ1n) is 6.32. The monoisotopic (exact) mass is 329 g/mol. The predicted octanol–water partition coefficient (Wildman–Crippen LogP) is 2.51. The number of anilines is 1. The Bertz CT molecular complexity index is 595. The molecule has 1 aromatic heterocycles. The van der Waals surface area contributed by atoms with Crippen LogP contribution in [0, 0.1) is 0 Å². The lowest BCUT2D eigenvalue weighted by Gasteiger charge is -2.06. The van der Waals surface area contributed by atoms with E-state index in [9.17, 15) is 13.6 Å². The fourth-order valence-corrected chi connectivity index (χ4v) is 2.04. The Hall–Kier alpha value is -2.13. The van der Waals surface area contributed by atoms with Gasteiger partial charge in [0.05, 0.1) is 6.61 Å². The van der Waals surface area contributed by atoms with Crippen LogP contribution in [0.2, 0.25) is 0 Å². The number of benzene rings is 1. The zero-order valence-electron chi connectivity index (χ0n) is 11.4. The van der Waals surface area contributed by atoms with E-state index in [0.29, 0.717) is 23.7 Å². The topological polar surface area (TPSA) is 73.3 Å². The van der Waals surface area contributed by atoms with Crippen LogP contribution in [0.15, 0.2) is 30.3 Å². The summed E-state index contributed by atoms with van der Waals surface area (Å²) in [7, 11) is 0. The van der Waals surface area contributed by atoms with Crippen molar-refractivity contribution in [1.82, 2.24) is 10.2 Å². The Balaban J connectivity index is 1.61. The number of nitrogens with one attached hydrogen (secondary N) is 1. The summed E-state index contributed by atoms with van der Waals surface area (Å²) in [6, 6.07) is 9.19. The lowest BCUT2D eigenvalue weighted by atomic mass is 10.3. The van der Waals surface area contributed by atoms with Crippen LogP contribution in [-0.2, 0) is 9.53 Å². The van der Waals surface area contributed by atoms with Gasteiger partial charge in [0.2, 0.25) is 5.13 Å². The minimum absolute atomic E-state index is 0.0180. The zero-order valence-corrected chi connectivity index (χ0v) is 12.2. The number of ether oxygens (including phenoxy) is 2. The maximum atomic E-state index is 12.3. The number of nitrogens with zero attached hydrogens (tertiary/aromatic N) is 2. The first-order chi connectivity index (χ1) is 10.6. The fraction of sp³-hybridized carbons (Fsp3) is 0.308. The van der Waals surface area contributed by atoms with E-state index in [4.69, 9.17) is 9.47 Å². The van der Waals surface area contributed by atoms with Crippen LogP contribution in [-0.4, -0.2) is 35.9 Å². The van der Waals surface area contributed by atoms with Gasteiger partial charge in [0, 0.05) is 0 Å². The highest BCUT2D eigenvalue weighted by Gasteiger charge is 2.15. The second-order valence-corrected chi connectivity index (χ2v) is 5.02. The average Bonchev–Trinajstić information content (AvgIpc) is 2.96. The number of carbonyl (C=O) groups excluding carboxylic acids is 1. The van der Waals surface area contributed by atoms with Gasteiger partial charge in [0.25, 0.3) is 12.3 Å². The molecule has 2 aromatic rings. The second kappa shape index (κ2) is 8.35. The highest BCUT2D eigenvalue weighted by molar-refractivity contribution is 7.15. The van der Waals surface area contributed by atoms with E-state index in [1.807, 2.05) is 30.3 Å². The third-order valence-electron chi connectivity index (χ3n) is 2.35. The molecule has 22 heavy (non-hydrogen) atoms. The highest BCUT2D eigenvalue weighted by atomic mass is 32.1. The lowest BCUT2D eigenvalue weighted by molar-refractivity contribution is -0.120. The zero-order chi connectivity index (χ0) is 15.8. The Morgan fingerprint density at radius 2 is 2.00 bits per heavy atom. The normalized spacial score (nSPS) is 10.7. The summed E-state index contributed by atoms with van der Waals surface area (Å²) in [6.07, 6.45) is -2.70. The number of amides is 1. The quantitative estimate of drug-likeness (QED) is 0.753.